The Morgan fingerprint density at radius 1 is 1.50 bits per heavy atom. The molecule has 0 radical (unpaired) electrons. The maximum atomic E-state index is 12.3. The average molecular weight is 118 g/mol. The van der Waals surface area contributed by atoms with Gasteiger partial charge in [-0.25, -0.2) is 4.39 Å². The fraction of sp³-hybridized carbons (Fsp3) is 0.667. The van der Waals surface area contributed by atoms with Crippen molar-refractivity contribution in [1.82, 2.24) is 0 Å². The van der Waals surface area contributed by atoms with Crippen LogP contribution >= 0.6 is 0 Å². The zero-order valence-electron chi connectivity index (χ0n) is 5.40. The Bertz CT molecular complexity index is 101. The van der Waals surface area contributed by atoms with E-state index in [4.69, 9.17) is 5.11 Å². The van der Waals surface area contributed by atoms with Crippen molar-refractivity contribution in [3.8, 4) is 0 Å². The van der Waals surface area contributed by atoms with Crippen molar-refractivity contribution in [2.75, 3.05) is 0 Å². The van der Waals surface area contributed by atoms with Gasteiger partial charge in [0.1, 0.15) is 11.9 Å². The molecule has 0 saturated carbocycles. The largest absolute Gasteiger partial charge is 0.386 e. The minimum Gasteiger partial charge on any atom is -0.386 e. The molecule has 1 nitrogen and oxygen atoms in total. The molecule has 2 heteroatoms. The summed E-state index contributed by atoms with van der Waals surface area (Å²) in [7, 11) is 0. The van der Waals surface area contributed by atoms with Gasteiger partial charge in [0.15, 0.2) is 0 Å². The van der Waals surface area contributed by atoms with E-state index in [0.29, 0.717) is 5.57 Å². The molecule has 0 aliphatic rings. The van der Waals surface area contributed by atoms with Gasteiger partial charge < -0.3 is 5.11 Å². The van der Waals surface area contributed by atoms with Gasteiger partial charge in [-0.2, -0.15) is 0 Å². The van der Waals surface area contributed by atoms with Crippen LogP contribution < -0.4 is 0 Å². The number of rotatable bonds is 1. The second-order valence-corrected chi connectivity index (χ2v) is 2.02. The lowest BCUT2D eigenvalue weighted by Gasteiger charge is -2.00. The van der Waals surface area contributed by atoms with Crippen LogP contribution in [0.15, 0.2) is 11.4 Å². The first-order valence-corrected chi connectivity index (χ1v) is 2.56. The molecule has 0 amide bonds. The topological polar surface area (TPSA) is 20.2 Å². The van der Waals surface area contributed by atoms with E-state index >= 15 is 0 Å². The van der Waals surface area contributed by atoms with Gasteiger partial charge in [-0.15, -0.1) is 0 Å². The zero-order chi connectivity index (χ0) is 6.73. The molecular formula is C6H11FO. The smallest absolute Gasteiger partial charge is 0.127 e. The Kier molecular flexibility index (Phi) is 2.69. The standard InChI is InChI=1S/C6H11FO/c1-4(2)6(7)5(3)8/h5,8H,1-3H3/t5-/m0/s1. The lowest BCUT2D eigenvalue weighted by Crippen LogP contribution is -2.00. The summed E-state index contributed by atoms with van der Waals surface area (Å²) in [4.78, 5) is 0. The minimum absolute atomic E-state index is 0.426. The fourth-order valence-electron chi connectivity index (χ4n) is 0.418. The molecule has 0 saturated heterocycles. The molecule has 0 fully saturated rings. The monoisotopic (exact) mass is 118 g/mol. The highest BCUT2D eigenvalue weighted by Crippen LogP contribution is 2.08. The summed E-state index contributed by atoms with van der Waals surface area (Å²) in [5.74, 6) is -0.426. The van der Waals surface area contributed by atoms with Gasteiger partial charge >= 0.3 is 0 Å². The Labute approximate surface area is 48.8 Å². The van der Waals surface area contributed by atoms with E-state index in [-0.39, 0.29) is 0 Å². The number of allylic oxidation sites excluding steroid dienone is 1. The molecule has 0 rings (SSSR count). The van der Waals surface area contributed by atoms with Crippen LogP contribution in [0.2, 0.25) is 0 Å². The Morgan fingerprint density at radius 3 is 1.88 bits per heavy atom. The second kappa shape index (κ2) is 2.82. The maximum Gasteiger partial charge on any atom is 0.127 e. The molecule has 1 atom stereocenters. The van der Waals surface area contributed by atoms with Gasteiger partial charge in [0.05, 0.1) is 0 Å². The molecule has 0 heterocycles. The first kappa shape index (κ1) is 7.63. The number of halogens is 1. The van der Waals surface area contributed by atoms with E-state index in [0.717, 1.165) is 0 Å². The van der Waals surface area contributed by atoms with Crippen molar-refractivity contribution < 1.29 is 9.50 Å². The molecule has 0 unspecified atom stereocenters. The lowest BCUT2D eigenvalue weighted by molar-refractivity contribution is 0.200. The highest BCUT2D eigenvalue weighted by molar-refractivity contribution is 5.04. The summed E-state index contributed by atoms with van der Waals surface area (Å²) in [5.41, 5.74) is 0.542. The maximum absolute atomic E-state index is 12.3. The molecule has 0 aliphatic carbocycles. The SMILES string of the molecule is CC(C)=C(F)[C@H](C)O. The van der Waals surface area contributed by atoms with Crippen molar-refractivity contribution >= 4 is 0 Å². The minimum atomic E-state index is -0.944. The van der Waals surface area contributed by atoms with Crippen molar-refractivity contribution in [2.45, 2.75) is 26.9 Å². The quantitative estimate of drug-likeness (QED) is 0.554. The Hall–Kier alpha value is -0.370. The third-order valence-electron chi connectivity index (χ3n) is 0.844. The van der Waals surface area contributed by atoms with E-state index in [9.17, 15) is 4.39 Å². The van der Waals surface area contributed by atoms with Crippen LogP contribution in [0.1, 0.15) is 20.8 Å². The highest BCUT2D eigenvalue weighted by Gasteiger charge is 2.02. The molecule has 0 bridgehead atoms. The van der Waals surface area contributed by atoms with Crippen LogP contribution in [-0.4, -0.2) is 11.2 Å². The average Bonchev–Trinajstić information content (AvgIpc) is 1.64. The Morgan fingerprint density at radius 2 is 1.88 bits per heavy atom. The predicted octanol–water partition coefficient (Wildman–Crippen LogP) is 1.63. The highest BCUT2D eigenvalue weighted by atomic mass is 19.1. The van der Waals surface area contributed by atoms with Gasteiger partial charge in [0.25, 0.3) is 0 Å². The van der Waals surface area contributed by atoms with E-state index in [1.807, 2.05) is 0 Å². The van der Waals surface area contributed by atoms with Gasteiger partial charge in [-0.05, 0) is 26.3 Å². The van der Waals surface area contributed by atoms with Crippen LogP contribution in [0.5, 0.6) is 0 Å². The van der Waals surface area contributed by atoms with E-state index in [2.05, 4.69) is 0 Å². The summed E-state index contributed by atoms with van der Waals surface area (Å²) in [6.07, 6.45) is -0.944. The van der Waals surface area contributed by atoms with Crippen LogP contribution in [0, 0.1) is 0 Å². The lowest BCUT2D eigenvalue weighted by atomic mass is 10.2. The number of hydrogen-bond donors (Lipinski definition) is 1. The van der Waals surface area contributed by atoms with Crippen molar-refractivity contribution in [1.29, 1.82) is 0 Å². The van der Waals surface area contributed by atoms with Gasteiger partial charge in [-0.1, -0.05) is 0 Å². The number of aliphatic hydroxyl groups is 1. The van der Waals surface area contributed by atoms with E-state index in [1.54, 1.807) is 13.8 Å². The van der Waals surface area contributed by atoms with Crippen LogP contribution in [0.3, 0.4) is 0 Å². The molecule has 1 N–H and O–H groups in total. The van der Waals surface area contributed by atoms with E-state index < -0.39 is 11.9 Å². The van der Waals surface area contributed by atoms with Crippen molar-refractivity contribution in [3.05, 3.63) is 11.4 Å². The van der Waals surface area contributed by atoms with Gasteiger partial charge in [0.2, 0.25) is 0 Å². The molecule has 0 aromatic rings. The summed E-state index contributed by atoms with van der Waals surface area (Å²) in [5, 5.41) is 8.56. The van der Waals surface area contributed by atoms with Gasteiger partial charge in [-0.3, -0.25) is 0 Å². The van der Waals surface area contributed by atoms with Crippen LogP contribution in [0.4, 0.5) is 4.39 Å². The first-order valence-electron chi connectivity index (χ1n) is 2.56. The second-order valence-electron chi connectivity index (χ2n) is 2.02. The molecule has 0 aromatic carbocycles. The summed E-state index contributed by atoms with van der Waals surface area (Å²) < 4.78 is 12.3. The summed E-state index contributed by atoms with van der Waals surface area (Å²) in [6, 6.07) is 0. The number of aliphatic hydroxyl groups excluding tert-OH is 1. The van der Waals surface area contributed by atoms with Crippen LogP contribution in [0.25, 0.3) is 0 Å². The first-order chi connectivity index (χ1) is 3.55. The molecule has 0 aliphatic heterocycles. The normalized spacial score (nSPS) is 13.1. The van der Waals surface area contributed by atoms with Gasteiger partial charge in [0, 0.05) is 0 Å². The number of hydrogen-bond acceptors (Lipinski definition) is 1. The molecular weight excluding hydrogens is 107 g/mol. The Balaban J connectivity index is 4.00. The third-order valence-corrected chi connectivity index (χ3v) is 0.844. The van der Waals surface area contributed by atoms with Crippen molar-refractivity contribution in [2.24, 2.45) is 0 Å². The predicted molar refractivity (Wildman–Crippen MR) is 31.2 cm³/mol. The third kappa shape index (κ3) is 2.07. The van der Waals surface area contributed by atoms with Crippen molar-refractivity contribution in [3.63, 3.8) is 0 Å². The summed E-state index contributed by atoms with van der Waals surface area (Å²) in [6.45, 7) is 4.66. The van der Waals surface area contributed by atoms with E-state index in [1.165, 1.54) is 6.92 Å². The summed E-state index contributed by atoms with van der Waals surface area (Å²) >= 11 is 0. The molecule has 48 valence electrons. The zero-order valence-corrected chi connectivity index (χ0v) is 5.40. The molecule has 0 aromatic heterocycles. The van der Waals surface area contributed by atoms with Crippen LogP contribution in [-0.2, 0) is 0 Å². The molecule has 0 spiro atoms. The molecule has 8 heavy (non-hydrogen) atoms. The fourth-order valence-corrected chi connectivity index (χ4v) is 0.418.